The topological polar surface area (TPSA) is 49.3 Å². The maximum absolute atomic E-state index is 11.1. The molecule has 2 aromatic carbocycles. The fourth-order valence-corrected chi connectivity index (χ4v) is 2.55. The maximum Gasteiger partial charge on any atom is 0.337 e. The van der Waals surface area contributed by atoms with Crippen molar-refractivity contribution in [1.29, 1.82) is 0 Å². The maximum atomic E-state index is 11.1. The summed E-state index contributed by atoms with van der Waals surface area (Å²) in [5.74, 6) is -1.02. The van der Waals surface area contributed by atoms with Crippen molar-refractivity contribution in [3.8, 4) is 0 Å². The van der Waals surface area contributed by atoms with Crippen molar-refractivity contribution in [2.75, 3.05) is 5.32 Å². The van der Waals surface area contributed by atoms with Crippen LogP contribution in [0.3, 0.4) is 0 Å². The summed E-state index contributed by atoms with van der Waals surface area (Å²) in [6.07, 6.45) is 0.846. The van der Waals surface area contributed by atoms with Crippen LogP contribution in [0.25, 0.3) is 0 Å². The highest BCUT2D eigenvalue weighted by atomic mass is 79.9. The summed E-state index contributed by atoms with van der Waals surface area (Å²) in [5.41, 5.74) is 2.07. The largest absolute Gasteiger partial charge is 0.478 e. The van der Waals surface area contributed by atoms with Gasteiger partial charge in [0.15, 0.2) is 0 Å². The molecule has 0 heterocycles. The Hall–Kier alpha value is -1.52. The number of anilines is 1. The molecule has 0 saturated carbocycles. The van der Waals surface area contributed by atoms with Crippen molar-refractivity contribution in [3.63, 3.8) is 0 Å². The van der Waals surface area contributed by atoms with Crippen LogP contribution in [0.4, 0.5) is 5.69 Å². The first kappa shape index (κ1) is 15.9. The Labute approximate surface area is 137 Å². The van der Waals surface area contributed by atoms with Crippen LogP contribution in [0.1, 0.15) is 22.8 Å². The van der Waals surface area contributed by atoms with E-state index in [1.807, 2.05) is 12.1 Å². The van der Waals surface area contributed by atoms with Crippen LogP contribution in [0.2, 0.25) is 5.02 Å². The van der Waals surface area contributed by atoms with Gasteiger partial charge in [-0.25, -0.2) is 4.79 Å². The van der Waals surface area contributed by atoms with Crippen LogP contribution in [0.15, 0.2) is 46.9 Å². The standard InChI is InChI=1S/C16H15BrClNO2/c1-10(8-11-2-4-12(17)5-3-11)19-13-6-7-15(18)14(9-13)16(20)21/h2-7,9-10,19H,8H2,1H3,(H,20,21). The van der Waals surface area contributed by atoms with E-state index in [1.165, 1.54) is 5.56 Å². The minimum Gasteiger partial charge on any atom is -0.478 e. The number of benzene rings is 2. The van der Waals surface area contributed by atoms with Gasteiger partial charge in [-0.1, -0.05) is 39.7 Å². The Bertz CT molecular complexity index is 643. The number of carboxylic acid groups (broad SMARTS) is 1. The molecule has 0 radical (unpaired) electrons. The average molecular weight is 369 g/mol. The molecule has 0 bridgehead atoms. The van der Waals surface area contributed by atoms with Gasteiger partial charge in [-0.3, -0.25) is 0 Å². The normalized spacial score (nSPS) is 12.0. The lowest BCUT2D eigenvalue weighted by molar-refractivity contribution is 0.0697. The van der Waals surface area contributed by atoms with Gasteiger partial charge in [0, 0.05) is 16.2 Å². The zero-order chi connectivity index (χ0) is 15.4. The summed E-state index contributed by atoms with van der Waals surface area (Å²) in [4.78, 5) is 11.1. The van der Waals surface area contributed by atoms with Gasteiger partial charge in [0.25, 0.3) is 0 Å². The second-order valence-electron chi connectivity index (χ2n) is 4.88. The van der Waals surface area contributed by atoms with E-state index < -0.39 is 5.97 Å². The molecule has 0 saturated heterocycles. The lowest BCUT2D eigenvalue weighted by Crippen LogP contribution is -2.18. The Morgan fingerprint density at radius 3 is 2.57 bits per heavy atom. The van der Waals surface area contributed by atoms with Gasteiger partial charge in [0.05, 0.1) is 10.6 Å². The molecule has 5 heteroatoms. The lowest BCUT2D eigenvalue weighted by Gasteiger charge is -2.16. The molecule has 21 heavy (non-hydrogen) atoms. The highest BCUT2D eigenvalue weighted by molar-refractivity contribution is 9.10. The van der Waals surface area contributed by atoms with Gasteiger partial charge in [-0.2, -0.15) is 0 Å². The molecule has 2 rings (SSSR count). The SMILES string of the molecule is CC(Cc1ccc(Br)cc1)Nc1ccc(Cl)c(C(=O)O)c1. The first-order valence-electron chi connectivity index (χ1n) is 6.49. The van der Waals surface area contributed by atoms with E-state index >= 15 is 0 Å². The first-order chi connectivity index (χ1) is 9.95. The first-order valence-corrected chi connectivity index (χ1v) is 7.66. The van der Waals surface area contributed by atoms with Gasteiger partial charge in [0.1, 0.15) is 0 Å². The van der Waals surface area contributed by atoms with Crippen LogP contribution in [-0.4, -0.2) is 17.1 Å². The molecule has 0 fully saturated rings. The quantitative estimate of drug-likeness (QED) is 0.793. The summed E-state index contributed by atoms with van der Waals surface area (Å²) in [7, 11) is 0. The van der Waals surface area contributed by atoms with Crippen LogP contribution < -0.4 is 5.32 Å². The number of carboxylic acids is 1. The monoisotopic (exact) mass is 367 g/mol. The fourth-order valence-electron chi connectivity index (χ4n) is 2.09. The van der Waals surface area contributed by atoms with Gasteiger partial charge in [-0.05, 0) is 49.2 Å². The predicted molar refractivity (Wildman–Crippen MR) is 89.3 cm³/mol. The molecule has 0 aliphatic heterocycles. The molecule has 1 atom stereocenters. The molecular formula is C16H15BrClNO2. The zero-order valence-corrected chi connectivity index (χ0v) is 13.8. The van der Waals surface area contributed by atoms with Crippen LogP contribution in [0.5, 0.6) is 0 Å². The van der Waals surface area contributed by atoms with Gasteiger partial charge in [-0.15, -0.1) is 0 Å². The van der Waals surface area contributed by atoms with Gasteiger partial charge in [0.2, 0.25) is 0 Å². The van der Waals surface area contributed by atoms with Gasteiger partial charge >= 0.3 is 5.97 Å². The average Bonchev–Trinajstić information content (AvgIpc) is 2.43. The zero-order valence-electron chi connectivity index (χ0n) is 11.4. The van der Waals surface area contributed by atoms with Crippen molar-refractivity contribution in [1.82, 2.24) is 0 Å². The molecule has 0 aliphatic carbocycles. The Kier molecular flexibility index (Phi) is 5.26. The molecule has 3 nitrogen and oxygen atoms in total. The summed E-state index contributed by atoms with van der Waals surface area (Å²) in [5, 5.41) is 12.6. The second kappa shape index (κ2) is 6.96. The number of aromatic carboxylic acids is 1. The van der Waals surface area contributed by atoms with E-state index in [0.29, 0.717) is 0 Å². The third-order valence-electron chi connectivity index (χ3n) is 3.06. The van der Waals surface area contributed by atoms with E-state index in [4.69, 9.17) is 16.7 Å². The minimum absolute atomic E-state index is 0.109. The second-order valence-corrected chi connectivity index (χ2v) is 6.20. The highest BCUT2D eigenvalue weighted by Gasteiger charge is 2.11. The Morgan fingerprint density at radius 2 is 1.95 bits per heavy atom. The number of hydrogen-bond donors (Lipinski definition) is 2. The highest BCUT2D eigenvalue weighted by Crippen LogP contribution is 2.21. The Balaban J connectivity index is 2.05. The lowest BCUT2D eigenvalue weighted by atomic mass is 10.1. The number of carbonyl (C=O) groups is 1. The number of hydrogen-bond acceptors (Lipinski definition) is 2. The summed E-state index contributed by atoms with van der Waals surface area (Å²) < 4.78 is 1.05. The molecule has 0 amide bonds. The molecular weight excluding hydrogens is 354 g/mol. The molecule has 2 aromatic rings. The van der Waals surface area contributed by atoms with Crippen molar-refractivity contribution in [3.05, 3.63) is 63.1 Å². The van der Waals surface area contributed by atoms with Crippen molar-refractivity contribution >= 4 is 39.2 Å². The molecule has 110 valence electrons. The van der Waals surface area contributed by atoms with Gasteiger partial charge < -0.3 is 10.4 Å². The summed E-state index contributed by atoms with van der Waals surface area (Å²) in [6, 6.07) is 13.3. The molecule has 0 spiro atoms. The van der Waals surface area contributed by atoms with Crippen molar-refractivity contribution < 1.29 is 9.90 Å². The number of halogens is 2. The predicted octanol–water partition coefficient (Wildman–Crippen LogP) is 4.84. The minimum atomic E-state index is -1.02. The van der Waals surface area contributed by atoms with Crippen LogP contribution >= 0.6 is 27.5 Å². The van der Waals surface area contributed by atoms with Crippen LogP contribution in [0, 0.1) is 0 Å². The van der Waals surface area contributed by atoms with Crippen molar-refractivity contribution in [2.24, 2.45) is 0 Å². The van der Waals surface area contributed by atoms with E-state index in [2.05, 4.69) is 40.3 Å². The third-order valence-corrected chi connectivity index (χ3v) is 3.92. The smallest absolute Gasteiger partial charge is 0.337 e. The van der Waals surface area contributed by atoms with E-state index in [9.17, 15) is 4.79 Å². The van der Waals surface area contributed by atoms with Crippen LogP contribution in [-0.2, 0) is 6.42 Å². The molecule has 0 aromatic heterocycles. The van der Waals surface area contributed by atoms with E-state index in [0.717, 1.165) is 16.6 Å². The van der Waals surface area contributed by atoms with Crippen molar-refractivity contribution in [2.45, 2.75) is 19.4 Å². The third kappa shape index (κ3) is 4.48. The Morgan fingerprint density at radius 1 is 1.29 bits per heavy atom. The molecule has 0 aliphatic rings. The number of nitrogens with one attached hydrogen (secondary N) is 1. The summed E-state index contributed by atoms with van der Waals surface area (Å²) in [6.45, 7) is 2.05. The summed E-state index contributed by atoms with van der Waals surface area (Å²) >= 11 is 9.27. The molecule has 2 N–H and O–H groups in total. The van der Waals surface area contributed by atoms with E-state index in [1.54, 1.807) is 18.2 Å². The fraction of sp³-hybridized carbons (Fsp3) is 0.188. The molecule has 1 unspecified atom stereocenters. The van der Waals surface area contributed by atoms with E-state index in [-0.39, 0.29) is 16.6 Å². The number of rotatable bonds is 5.